The van der Waals surface area contributed by atoms with Crippen LogP contribution in [0.1, 0.15) is 30.3 Å². The van der Waals surface area contributed by atoms with Gasteiger partial charge in [-0.05, 0) is 55.5 Å². The zero-order valence-electron chi connectivity index (χ0n) is 11.4. The fraction of sp³-hybridized carbons (Fsp3) is 0.615. The van der Waals surface area contributed by atoms with Gasteiger partial charge in [0.05, 0.1) is 0 Å². The molecule has 18 heavy (non-hydrogen) atoms. The van der Waals surface area contributed by atoms with Gasteiger partial charge in [0.25, 0.3) is 5.91 Å². The van der Waals surface area contributed by atoms with Crippen LogP contribution in [-0.2, 0) is 6.54 Å². The summed E-state index contributed by atoms with van der Waals surface area (Å²) in [5.74, 6) is 0.00732. The highest BCUT2D eigenvalue weighted by molar-refractivity contribution is 9.10. The first-order valence-corrected chi connectivity index (χ1v) is 7.12. The van der Waals surface area contributed by atoms with E-state index in [9.17, 15) is 4.79 Å². The summed E-state index contributed by atoms with van der Waals surface area (Å²) < 4.78 is 2.94. The summed E-state index contributed by atoms with van der Waals surface area (Å²) in [4.78, 5) is 14.1. The molecule has 0 saturated carbocycles. The SMILES string of the molecule is CCCn1cc(Br)cc1C(=O)NCCCN(C)C. The molecule has 0 aliphatic carbocycles. The molecule has 0 aromatic carbocycles. The van der Waals surface area contributed by atoms with E-state index in [1.807, 2.05) is 30.9 Å². The van der Waals surface area contributed by atoms with Gasteiger partial charge in [-0.3, -0.25) is 4.79 Å². The van der Waals surface area contributed by atoms with Crippen LogP contribution in [0.25, 0.3) is 0 Å². The van der Waals surface area contributed by atoms with Gasteiger partial charge in [0.2, 0.25) is 0 Å². The van der Waals surface area contributed by atoms with Crippen LogP contribution in [0.15, 0.2) is 16.7 Å². The average Bonchev–Trinajstić information content (AvgIpc) is 2.66. The van der Waals surface area contributed by atoms with Crippen molar-refractivity contribution >= 4 is 21.8 Å². The minimum Gasteiger partial charge on any atom is -0.351 e. The Morgan fingerprint density at radius 1 is 1.50 bits per heavy atom. The lowest BCUT2D eigenvalue weighted by molar-refractivity contribution is 0.0943. The summed E-state index contributed by atoms with van der Waals surface area (Å²) in [6, 6.07) is 1.87. The van der Waals surface area contributed by atoms with Gasteiger partial charge in [-0.2, -0.15) is 0 Å². The number of halogens is 1. The molecule has 0 fully saturated rings. The minimum absolute atomic E-state index is 0.00732. The molecular weight excluding hydrogens is 294 g/mol. The van der Waals surface area contributed by atoms with Gasteiger partial charge in [0, 0.05) is 23.8 Å². The molecule has 0 aliphatic heterocycles. The maximum Gasteiger partial charge on any atom is 0.267 e. The Bertz CT molecular complexity index is 388. The molecule has 1 heterocycles. The van der Waals surface area contributed by atoms with Crippen molar-refractivity contribution in [1.29, 1.82) is 0 Å². The van der Waals surface area contributed by atoms with Crippen LogP contribution in [0, 0.1) is 0 Å². The summed E-state index contributed by atoms with van der Waals surface area (Å²) in [5, 5.41) is 2.96. The molecule has 1 N–H and O–H groups in total. The lowest BCUT2D eigenvalue weighted by atomic mass is 10.3. The molecule has 5 heteroatoms. The minimum atomic E-state index is 0.00732. The van der Waals surface area contributed by atoms with Gasteiger partial charge < -0.3 is 14.8 Å². The zero-order chi connectivity index (χ0) is 13.5. The van der Waals surface area contributed by atoms with Crippen LogP contribution in [0.2, 0.25) is 0 Å². The maximum absolute atomic E-state index is 12.0. The largest absolute Gasteiger partial charge is 0.351 e. The molecule has 0 atom stereocenters. The number of aryl methyl sites for hydroxylation is 1. The van der Waals surface area contributed by atoms with Crippen molar-refractivity contribution in [3.05, 3.63) is 22.4 Å². The van der Waals surface area contributed by atoms with E-state index in [-0.39, 0.29) is 5.91 Å². The molecule has 0 bridgehead atoms. The van der Waals surface area contributed by atoms with E-state index < -0.39 is 0 Å². The molecule has 1 amide bonds. The standard InChI is InChI=1S/C13H22BrN3O/c1-4-7-17-10-11(14)9-12(17)13(18)15-6-5-8-16(2)3/h9-10H,4-8H2,1-3H3,(H,15,18). The molecule has 102 valence electrons. The van der Waals surface area contributed by atoms with Gasteiger partial charge in [0.1, 0.15) is 5.69 Å². The monoisotopic (exact) mass is 315 g/mol. The molecule has 0 spiro atoms. The number of nitrogens with zero attached hydrogens (tertiary/aromatic N) is 2. The van der Waals surface area contributed by atoms with E-state index in [1.165, 1.54) is 0 Å². The highest BCUT2D eigenvalue weighted by atomic mass is 79.9. The fourth-order valence-corrected chi connectivity index (χ4v) is 2.24. The molecule has 0 saturated heterocycles. The van der Waals surface area contributed by atoms with E-state index in [1.54, 1.807) is 0 Å². The van der Waals surface area contributed by atoms with Crippen molar-refractivity contribution in [2.45, 2.75) is 26.3 Å². The van der Waals surface area contributed by atoms with Crippen LogP contribution in [0.3, 0.4) is 0 Å². The smallest absolute Gasteiger partial charge is 0.267 e. The van der Waals surface area contributed by atoms with Crippen LogP contribution >= 0.6 is 15.9 Å². The first kappa shape index (κ1) is 15.2. The second-order valence-electron chi connectivity index (χ2n) is 4.65. The Morgan fingerprint density at radius 3 is 2.83 bits per heavy atom. The summed E-state index contributed by atoms with van der Waals surface area (Å²) in [6.07, 6.45) is 3.94. The van der Waals surface area contributed by atoms with Crippen molar-refractivity contribution in [1.82, 2.24) is 14.8 Å². The quantitative estimate of drug-likeness (QED) is 0.784. The van der Waals surface area contributed by atoms with Crippen molar-refractivity contribution in [3.63, 3.8) is 0 Å². The number of hydrogen-bond donors (Lipinski definition) is 1. The molecule has 0 unspecified atom stereocenters. The summed E-state index contributed by atoms with van der Waals surface area (Å²) in [5.41, 5.74) is 0.730. The Hall–Kier alpha value is -0.810. The third-order valence-corrected chi connectivity index (χ3v) is 3.06. The van der Waals surface area contributed by atoms with Crippen molar-refractivity contribution in [2.24, 2.45) is 0 Å². The van der Waals surface area contributed by atoms with E-state index in [0.717, 1.165) is 36.1 Å². The molecule has 1 aromatic heterocycles. The lowest BCUT2D eigenvalue weighted by Gasteiger charge is -2.11. The van der Waals surface area contributed by atoms with Crippen molar-refractivity contribution in [3.8, 4) is 0 Å². The molecule has 0 aliphatic rings. The Labute approximate surface area is 117 Å². The van der Waals surface area contributed by atoms with Gasteiger partial charge in [-0.15, -0.1) is 0 Å². The van der Waals surface area contributed by atoms with E-state index in [4.69, 9.17) is 0 Å². The van der Waals surface area contributed by atoms with E-state index in [0.29, 0.717) is 6.54 Å². The van der Waals surface area contributed by atoms with Crippen LogP contribution < -0.4 is 5.32 Å². The van der Waals surface area contributed by atoms with Gasteiger partial charge in [-0.1, -0.05) is 6.92 Å². The first-order chi connectivity index (χ1) is 8.54. The second kappa shape index (κ2) is 7.59. The Morgan fingerprint density at radius 2 is 2.22 bits per heavy atom. The number of carbonyl (C=O) groups excluding carboxylic acids is 1. The Kier molecular flexibility index (Phi) is 6.43. The zero-order valence-corrected chi connectivity index (χ0v) is 13.0. The molecule has 1 aromatic rings. The summed E-state index contributed by atoms with van der Waals surface area (Å²) in [6.45, 7) is 4.67. The fourth-order valence-electron chi connectivity index (χ4n) is 1.78. The first-order valence-electron chi connectivity index (χ1n) is 6.33. The number of nitrogens with one attached hydrogen (secondary N) is 1. The van der Waals surface area contributed by atoms with E-state index in [2.05, 4.69) is 33.1 Å². The third-order valence-electron chi connectivity index (χ3n) is 2.63. The lowest BCUT2D eigenvalue weighted by Crippen LogP contribution is -2.28. The highest BCUT2D eigenvalue weighted by Gasteiger charge is 2.11. The van der Waals surface area contributed by atoms with Crippen LogP contribution in [0.5, 0.6) is 0 Å². The molecule has 0 radical (unpaired) electrons. The van der Waals surface area contributed by atoms with Crippen molar-refractivity contribution < 1.29 is 4.79 Å². The van der Waals surface area contributed by atoms with Crippen molar-refractivity contribution in [2.75, 3.05) is 27.2 Å². The number of hydrogen-bond acceptors (Lipinski definition) is 2. The average molecular weight is 316 g/mol. The maximum atomic E-state index is 12.0. The normalized spacial score (nSPS) is 10.9. The van der Waals surface area contributed by atoms with Gasteiger partial charge in [0.15, 0.2) is 0 Å². The second-order valence-corrected chi connectivity index (χ2v) is 5.57. The number of rotatable bonds is 7. The topological polar surface area (TPSA) is 37.3 Å². The summed E-state index contributed by atoms with van der Waals surface area (Å²) in [7, 11) is 4.07. The molecule has 4 nitrogen and oxygen atoms in total. The number of amides is 1. The van der Waals surface area contributed by atoms with Crippen LogP contribution in [0.4, 0.5) is 0 Å². The Balaban J connectivity index is 2.50. The number of carbonyl (C=O) groups is 1. The predicted molar refractivity (Wildman–Crippen MR) is 77.9 cm³/mol. The predicted octanol–water partition coefficient (Wildman–Crippen LogP) is 2.34. The molecule has 1 rings (SSSR count). The number of aromatic nitrogens is 1. The van der Waals surface area contributed by atoms with E-state index >= 15 is 0 Å². The van der Waals surface area contributed by atoms with Gasteiger partial charge >= 0.3 is 0 Å². The van der Waals surface area contributed by atoms with Crippen LogP contribution in [-0.4, -0.2) is 42.6 Å². The summed E-state index contributed by atoms with van der Waals surface area (Å²) >= 11 is 3.41. The highest BCUT2D eigenvalue weighted by Crippen LogP contribution is 2.15. The third kappa shape index (κ3) is 4.82. The molecular formula is C13H22BrN3O. The van der Waals surface area contributed by atoms with Gasteiger partial charge in [-0.25, -0.2) is 0 Å².